The molecule has 0 aromatic heterocycles. The Hall–Kier alpha value is -4.22. The van der Waals surface area contributed by atoms with Gasteiger partial charge in [0.15, 0.2) is 5.78 Å². The van der Waals surface area contributed by atoms with Crippen molar-refractivity contribution >= 4 is 23.1 Å². The van der Waals surface area contributed by atoms with Gasteiger partial charge in [-0.25, -0.2) is 0 Å². The molecule has 1 unspecified atom stereocenters. The molecule has 5 nitrogen and oxygen atoms in total. The van der Waals surface area contributed by atoms with Gasteiger partial charge in [0, 0.05) is 28.4 Å². The Balaban J connectivity index is 1.60. The lowest BCUT2D eigenvalue weighted by Crippen LogP contribution is -2.39. The first-order chi connectivity index (χ1) is 19.5. The minimum absolute atomic E-state index is 0.102. The highest BCUT2D eigenvalue weighted by atomic mass is 35.5. The molecule has 5 rings (SSSR count). The number of aryl methyl sites for hydroxylation is 2. The molecule has 0 saturated heterocycles. The van der Waals surface area contributed by atoms with Crippen LogP contribution in [-0.2, 0) is 17.6 Å². The van der Waals surface area contributed by atoms with Crippen LogP contribution in [0.2, 0.25) is 5.02 Å². The van der Waals surface area contributed by atoms with E-state index >= 15 is 0 Å². The second-order valence-corrected chi connectivity index (χ2v) is 10.7. The fourth-order valence-corrected chi connectivity index (χ4v) is 5.69. The van der Waals surface area contributed by atoms with Crippen molar-refractivity contribution < 1.29 is 22.7 Å². The van der Waals surface area contributed by atoms with Gasteiger partial charge < -0.3 is 10.5 Å². The van der Waals surface area contributed by atoms with Gasteiger partial charge in [-0.1, -0.05) is 23.7 Å². The highest BCUT2D eigenvalue weighted by Gasteiger charge is 2.41. The monoisotopic (exact) mass is 577 g/mol. The van der Waals surface area contributed by atoms with E-state index in [4.69, 9.17) is 22.1 Å². The summed E-state index contributed by atoms with van der Waals surface area (Å²) in [4.78, 5) is 15.1. The maximum Gasteiger partial charge on any atom is 0.416 e. The van der Waals surface area contributed by atoms with E-state index in [1.807, 2.05) is 26.0 Å². The second-order valence-electron chi connectivity index (χ2n) is 10.2. The molecule has 1 aliphatic heterocycles. The van der Waals surface area contributed by atoms with Gasteiger partial charge in [-0.05, 0) is 97.5 Å². The van der Waals surface area contributed by atoms with E-state index in [1.165, 1.54) is 12.1 Å². The number of nitrogens with zero attached hydrogens (tertiary/aromatic N) is 2. The molecule has 3 aromatic carbocycles. The van der Waals surface area contributed by atoms with Crippen molar-refractivity contribution in [1.82, 2.24) is 0 Å². The summed E-state index contributed by atoms with van der Waals surface area (Å²) in [6.45, 7) is 4.15. The van der Waals surface area contributed by atoms with Crippen molar-refractivity contribution in [2.45, 2.75) is 51.8 Å². The molecular weight excluding hydrogens is 551 g/mol. The van der Waals surface area contributed by atoms with Gasteiger partial charge in [0.25, 0.3) is 0 Å². The van der Waals surface area contributed by atoms with Crippen LogP contribution in [0, 0.1) is 25.2 Å². The second kappa shape index (κ2) is 11.0. The van der Waals surface area contributed by atoms with Gasteiger partial charge in [-0.3, -0.25) is 9.69 Å². The lowest BCUT2D eigenvalue weighted by molar-refractivity contribution is -0.137. The van der Waals surface area contributed by atoms with Crippen LogP contribution in [0.25, 0.3) is 0 Å². The molecule has 3 aromatic rings. The maximum atomic E-state index is 13.5. The van der Waals surface area contributed by atoms with Gasteiger partial charge in [-0.15, -0.1) is 0 Å². The van der Waals surface area contributed by atoms with E-state index < -0.39 is 17.7 Å². The smallest absolute Gasteiger partial charge is 0.416 e. The third-order valence-electron chi connectivity index (χ3n) is 7.61. The van der Waals surface area contributed by atoms with Crippen LogP contribution in [0.4, 0.5) is 18.9 Å². The number of carbonyl (C=O) groups is 1. The summed E-state index contributed by atoms with van der Waals surface area (Å²) in [5.74, 6) is -0.0598. The van der Waals surface area contributed by atoms with E-state index in [2.05, 4.69) is 6.07 Å². The Bertz CT molecular complexity index is 1620. The lowest BCUT2D eigenvalue weighted by atomic mass is 9.74. The number of allylic oxidation sites excluding steroid dienone is 3. The molecule has 2 aliphatic rings. The minimum atomic E-state index is -4.49. The predicted octanol–water partition coefficient (Wildman–Crippen LogP) is 7.86. The Morgan fingerprint density at radius 2 is 1.73 bits per heavy atom. The summed E-state index contributed by atoms with van der Waals surface area (Å²) in [5.41, 5.74) is 10.9. The third kappa shape index (κ3) is 5.42. The largest absolute Gasteiger partial charge is 0.489 e. The van der Waals surface area contributed by atoms with Crippen molar-refractivity contribution in [3.8, 4) is 11.8 Å². The molecule has 1 atom stereocenters. The fourth-order valence-electron chi connectivity index (χ4n) is 5.57. The van der Waals surface area contributed by atoms with Crippen molar-refractivity contribution in [1.29, 1.82) is 5.26 Å². The first kappa shape index (κ1) is 28.3. The number of anilines is 1. The van der Waals surface area contributed by atoms with Crippen molar-refractivity contribution in [3.63, 3.8) is 0 Å². The topological polar surface area (TPSA) is 79.4 Å². The summed E-state index contributed by atoms with van der Waals surface area (Å²) in [6.07, 6.45) is -3.11. The number of halogens is 4. The molecular formula is C32H27ClF3N3O2. The number of ketones is 1. The van der Waals surface area contributed by atoms with E-state index in [9.17, 15) is 23.2 Å². The van der Waals surface area contributed by atoms with Crippen LogP contribution >= 0.6 is 11.6 Å². The number of Topliss-reactive ketones (excluding diaryl/α,β-unsaturated/α-hetero) is 1. The number of nitriles is 1. The van der Waals surface area contributed by atoms with Gasteiger partial charge in [-0.2, -0.15) is 18.4 Å². The van der Waals surface area contributed by atoms with Gasteiger partial charge in [0.2, 0.25) is 0 Å². The van der Waals surface area contributed by atoms with Crippen LogP contribution in [0.3, 0.4) is 0 Å². The number of rotatable bonds is 5. The quantitative estimate of drug-likeness (QED) is 0.334. The van der Waals surface area contributed by atoms with Crippen LogP contribution in [-0.4, -0.2) is 5.78 Å². The Kier molecular flexibility index (Phi) is 7.58. The van der Waals surface area contributed by atoms with Crippen LogP contribution < -0.4 is 15.4 Å². The van der Waals surface area contributed by atoms with E-state index in [-0.39, 0.29) is 23.8 Å². The molecule has 0 radical (unpaired) electrons. The number of benzene rings is 3. The highest BCUT2D eigenvalue weighted by molar-refractivity contribution is 6.30. The molecule has 210 valence electrons. The Morgan fingerprint density at radius 3 is 2.37 bits per heavy atom. The van der Waals surface area contributed by atoms with Crippen LogP contribution in [0.5, 0.6) is 5.75 Å². The van der Waals surface area contributed by atoms with Gasteiger partial charge >= 0.3 is 6.18 Å². The third-order valence-corrected chi connectivity index (χ3v) is 7.86. The normalized spacial score (nSPS) is 17.4. The average molecular weight is 578 g/mol. The number of nitrogens with two attached hydrogens (primary N) is 1. The van der Waals surface area contributed by atoms with E-state index in [0.717, 1.165) is 34.4 Å². The number of alkyl halides is 3. The predicted molar refractivity (Wildman–Crippen MR) is 151 cm³/mol. The van der Waals surface area contributed by atoms with Crippen molar-refractivity contribution in [2.75, 3.05) is 4.90 Å². The highest BCUT2D eigenvalue weighted by Crippen LogP contribution is 2.47. The van der Waals surface area contributed by atoms with Crippen LogP contribution in [0.1, 0.15) is 53.0 Å². The minimum Gasteiger partial charge on any atom is -0.489 e. The van der Waals surface area contributed by atoms with Crippen molar-refractivity contribution in [2.24, 2.45) is 5.73 Å². The van der Waals surface area contributed by atoms with Crippen LogP contribution in [0.15, 0.2) is 83.3 Å². The summed E-state index contributed by atoms with van der Waals surface area (Å²) >= 11 is 5.98. The number of ether oxygens (including phenoxy) is 1. The first-order valence-electron chi connectivity index (χ1n) is 13.1. The first-order valence-corrected chi connectivity index (χ1v) is 13.5. The molecule has 9 heteroatoms. The molecule has 0 spiro atoms. The number of carbonyl (C=O) groups excluding carboxylic acids is 1. The Morgan fingerprint density at radius 1 is 1.05 bits per heavy atom. The SMILES string of the molecule is Cc1cc(C)c(C2C(C#N)=C(N)N(c3ccc(C(F)(F)F)cc3)C3=C2C(=O)CCC3)cc1COc1ccc(Cl)cc1. The number of hydrogen-bond donors (Lipinski definition) is 1. The summed E-state index contributed by atoms with van der Waals surface area (Å²) < 4.78 is 45.7. The molecule has 0 bridgehead atoms. The molecule has 41 heavy (non-hydrogen) atoms. The van der Waals surface area contributed by atoms with E-state index in [0.29, 0.717) is 47.0 Å². The van der Waals surface area contributed by atoms with Gasteiger partial charge in [0.05, 0.1) is 23.1 Å². The zero-order valence-corrected chi connectivity index (χ0v) is 23.2. The summed E-state index contributed by atoms with van der Waals surface area (Å²) in [6, 6.07) is 17.8. The molecule has 0 fully saturated rings. The fraction of sp³-hybridized carbons (Fsp3) is 0.250. The number of hydrogen-bond acceptors (Lipinski definition) is 5. The zero-order chi connectivity index (χ0) is 29.5. The molecule has 0 saturated carbocycles. The summed E-state index contributed by atoms with van der Waals surface area (Å²) in [5, 5.41) is 10.9. The van der Waals surface area contributed by atoms with Gasteiger partial charge in [0.1, 0.15) is 18.2 Å². The molecule has 1 aliphatic carbocycles. The lowest BCUT2D eigenvalue weighted by Gasteiger charge is -2.40. The standard InChI is InChI=1S/C32H27ClF3N3O2/c1-18-14-19(2)25(15-20(18)17-41-24-12-8-22(33)9-13-24)29-26(16-37)31(38)39(27-4-3-5-28(40)30(27)29)23-10-6-21(7-11-23)32(34,35)36/h6-15,29H,3-5,17,38H2,1-2H3. The maximum absolute atomic E-state index is 13.5. The summed E-state index contributed by atoms with van der Waals surface area (Å²) in [7, 11) is 0. The van der Waals surface area contributed by atoms with Crippen molar-refractivity contribution in [3.05, 3.63) is 116 Å². The molecule has 0 amide bonds. The van der Waals surface area contributed by atoms with E-state index in [1.54, 1.807) is 29.2 Å². The Labute approximate surface area is 241 Å². The zero-order valence-electron chi connectivity index (χ0n) is 22.5. The average Bonchev–Trinajstić information content (AvgIpc) is 2.93. The molecule has 2 N–H and O–H groups in total. The molecule has 1 heterocycles.